The Morgan fingerprint density at radius 3 is 2.50 bits per heavy atom. The molecule has 0 amide bonds. The van der Waals surface area contributed by atoms with Crippen LogP contribution in [0.2, 0.25) is 0 Å². The lowest BCUT2D eigenvalue weighted by Gasteiger charge is -2.31. The summed E-state index contributed by atoms with van der Waals surface area (Å²) in [6, 6.07) is 2.05. The quantitative estimate of drug-likeness (QED) is 0.814. The first-order chi connectivity index (χ1) is 11.8. The number of aromatic nitrogens is 4. The van der Waals surface area contributed by atoms with Gasteiger partial charge in [-0.25, -0.2) is 19.9 Å². The zero-order chi connectivity index (χ0) is 16.4. The highest BCUT2D eigenvalue weighted by Crippen LogP contribution is 2.28. The maximum Gasteiger partial charge on any atom is 0.221 e. The Morgan fingerprint density at radius 2 is 1.71 bits per heavy atom. The van der Waals surface area contributed by atoms with Crippen LogP contribution in [-0.2, 0) is 17.7 Å². The normalized spacial score (nSPS) is 17.5. The zero-order valence-electron chi connectivity index (χ0n) is 13.7. The number of ether oxygens (including phenoxy) is 2. The summed E-state index contributed by atoms with van der Waals surface area (Å²) in [6.45, 7) is 4.77. The molecule has 4 rings (SSSR count). The third kappa shape index (κ3) is 2.84. The fourth-order valence-corrected chi connectivity index (χ4v) is 3.16. The van der Waals surface area contributed by atoms with E-state index in [1.165, 1.54) is 0 Å². The molecule has 0 unspecified atom stereocenters. The summed E-state index contributed by atoms with van der Waals surface area (Å²) >= 11 is 0. The van der Waals surface area contributed by atoms with Crippen LogP contribution in [0.25, 0.3) is 0 Å². The first-order valence-electron chi connectivity index (χ1n) is 8.11. The summed E-state index contributed by atoms with van der Waals surface area (Å²) in [5.74, 6) is 2.51. The predicted octanol–water partition coefficient (Wildman–Crippen LogP) is 0.674. The molecule has 1 fully saturated rings. The van der Waals surface area contributed by atoms with E-state index < -0.39 is 0 Å². The molecule has 2 aliphatic heterocycles. The number of fused-ring (bicyclic) bond motifs is 1. The number of morpholine rings is 1. The Hall–Kier alpha value is -2.48. The molecule has 0 aliphatic carbocycles. The van der Waals surface area contributed by atoms with Crippen LogP contribution in [0.5, 0.6) is 5.88 Å². The fraction of sp³-hybridized carbons (Fsp3) is 0.500. The van der Waals surface area contributed by atoms with Crippen molar-refractivity contribution < 1.29 is 9.47 Å². The van der Waals surface area contributed by atoms with Crippen molar-refractivity contribution in [3.8, 4) is 5.88 Å². The molecule has 8 heteroatoms. The molecule has 2 aromatic heterocycles. The van der Waals surface area contributed by atoms with Gasteiger partial charge in [0.1, 0.15) is 24.3 Å². The number of hydrogen-bond acceptors (Lipinski definition) is 8. The van der Waals surface area contributed by atoms with E-state index in [-0.39, 0.29) is 0 Å². The summed E-state index contributed by atoms with van der Waals surface area (Å²) in [6.07, 6.45) is 4.05. The standard InChI is InChI=1S/C16H20N6O2/c1-23-16-12-9-22(3-2-13(12)17-10-20-16)15-8-14(18-11-19-15)21-4-6-24-7-5-21/h8,10-11H,2-7,9H2,1H3. The maximum atomic E-state index is 5.41. The fourth-order valence-electron chi connectivity index (χ4n) is 3.16. The minimum absolute atomic E-state index is 0.646. The van der Waals surface area contributed by atoms with Crippen LogP contribution in [0, 0.1) is 0 Å². The van der Waals surface area contributed by atoms with Crippen LogP contribution in [0.15, 0.2) is 18.7 Å². The third-order valence-corrected chi connectivity index (χ3v) is 4.45. The molecule has 2 aromatic rings. The molecule has 0 atom stereocenters. The molecule has 1 saturated heterocycles. The lowest BCUT2D eigenvalue weighted by Crippen LogP contribution is -2.37. The Balaban J connectivity index is 1.58. The van der Waals surface area contributed by atoms with Crippen molar-refractivity contribution >= 4 is 11.6 Å². The minimum Gasteiger partial charge on any atom is -0.481 e. The van der Waals surface area contributed by atoms with Gasteiger partial charge in [-0.15, -0.1) is 0 Å². The van der Waals surface area contributed by atoms with Gasteiger partial charge in [-0.1, -0.05) is 0 Å². The van der Waals surface area contributed by atoms with Gasteiger partial charge in [0, 0.05) is 32.1 Å². The Bertz CT molecular complexity index is 705. The number of hydrogen-bond donors (Lipinski definition) is 0. The smallest absolute Gasteiger partial charge is 0.221 e. The Kier molecular flexibility index (Phi) is 4.12. The average molecular weight is 328 g/mol. The molecule has 0 radical (unpaired) electrons. The Labute approximate surface area is 140 Å². The summed E-state index contributed by atoms with van der Waals surface area (Å²) in [5, 5.41) is 0. The molecule has 24 heavy (non-hydrogen) atoms. The van der Waals surface area contributed by atoms with Gasteiger partial charge in [0.05, 0.1) is 38.1 Å². The van der Waals surface area contributed by atoms with Crippen molar-refractivity contribution in [2.75, 3.05) is 49.8 Å². The molecule has 2 aliphatic rings. The lowest BCUT2D eigenvalue weighted by molar-refractivity contribution is 0.122. The summed E-state index contributed by atoms with van der Waals surface area (Å²) in [5.41, 5.74) is 2.10. The van der Waals surface area contributed by atoms with Crippen molar-refractivity contribution in [3.63, 3.8) is 0 Å². The van der Waals surface area contributed by atoms with Crippen LogP contribution in [0.4, 0.5) is 11.6 Å². The van der Waals surface area contributed by atoms with Gasteiger partial charge in [-0.2, -0.15) is 0 Å². The van der Waals surface area contributed by atoms with E-state index in [1.54, 1.807) is 19.8 Å². The van der Waals surface area contributed by atoms with E-state index in [0.29, 0.717) is 12.4 Å². The van der Waals surface area contributed by atoms with Crippen molar-refractivity contribution in [1.29, 1.82) is 0 Å². The maximum absolute atomic E-state index is 5.41. The van der Waals surface area contributed by atoms with E-state index in [1.807, 2.05) is 6.07 Å². The summed E-state index contributed by atoms with van der Waals surface area (Å²) in [4.78, 5) is 21.9. The highest BCUT2D eigenvalue weighted by atomic mass is 16.5. The molecule has 8 nitrogen and oxygen atoms in total. The molecule has 126 valence electrons. The van der Waals surface area contributed by atoms with Crippen LogP contribution >= 0.6 is 0 Å². The molecule has 0 bridgehead atoms. The van der Waals surface area contributed by atoms with Gasteiger partial charge in [-0.3, -0.25) is 0 Å². The number of rotatable bonds is 3. The molecular weight excluding hydrogens is 308 g/mol. The molecule has 0 spiro atoms. The summed E-state index contributed by atoms with van der Waals surface area (Å²) in [7, 11) is 1.64. The Morgan fingerprint density at radius 1 is 0.958 bits per heavy atom. The largest absolute Gasteiger partial charge is 0.481 e. The molecule has 4 heterocycles. The van der Waals surface area contributed by atoms with Crippen molar-refractivity contribution in [2.24, 2.45) is 0 Å². The van der Waals surface area contributed by atoms with E-state index in [9.17, 15) is 0 Å². The number of methoxy groups -OCH3 is 1. The molecular formula is C16H20N6O2. The van der Waals surface area contributed by atoms with Gasteiger partial charge in [0.25, 0.3) is 0 Å². The van der Waals surface area contributed by atoms with Crippen molar-refractivity contribution in [2.45, 2.75) is 13.0 Å². The van der Waals surface area contributed by atoms with Gasteiger partial charge in [0.15, 0.2) is 0 Å². The summed E-state index contributed by atoms with van der Waals surface area (Å²) < 4.78 is 10.8. The van der Waals surface area contributed by atoms with E-state index in [4.69, 9.17) is 9.47 Å². The highest BCUT2D eigenvalue weighted by Gasteiger charge is 2.23. The van der Waals surface area contributed by atoms with Gasteiger partial charge in [0.2, 0.25) is 5.88 Å². The van der Waals surface area contributed by atoms with Crippen LogP contribution in [0.1, 0.15) is 11.3 Å². The van der Waals surface area contributed by atoms with Crippen LogP contribution < -0.4 is 14.5 Å². The lowest BCUT2D eigenvalue weighted by atomic mass is 10.1. The van der Waals surface area contributed by atoms with Crippen molar-refractivity contribution in [1.82, 2.24) is 19.9 Å². The van der Waals surface area contributed by atoms with E-state index in [2.05, 4.69) is 29.7 Å². The van der Waals surface area contributed by atoms with Gasteiger partial charge < -0.3 is 19.3 Å². The van der Waals surface area contributed by atoms with Gasteiger partial charge in [-0.05, 0) is 0 Å². The zero-order valence-corrected chi connectivity index (χ0v) is 13.7. The molecule has 0 saturated carbocycles. The second-order valence-corrected chi connectivity index (χ2v) is 5.81. The number of anilines is 2. The highest BCUT2D eigenvalue weighted by molar-refractivity contribution is 5.52. The molecule has 0 aromatic carbocycles. The van der Waals surface area contributed by atoms with E-state index in [0.717, 1.165) is 62.2 Å². The third-order valence-electron chi connectivity index (χ3n) is 4.45. The predicted molar refractivity (Wildman–Crippen MR) is 88.4 cm³/mol. The SMILES string of the molecule is COc1ncnc2c1CN(c1cc(N3CCOCC3)ncn1)CC2. The average Bonchev–Trinajstić information content (AvgIpc) is 2.68. The first-order valence-corrected chi connectivity index (χ1v) is 8.11. The second-order valence-electron chi connectivity index (χ2n) is 5.81. The number of nitrogens with zero attached hydrogens (tertiary/aromatic N) is 6. The topological polar surface area (TPSA) is 76.5 Å². The monoisotopic (exact) mass is 328 g/mol. The van der Waals surface area contributed by atoms with Crippen molar-refractivity contribution in [3.05, 3.63) is 30.0 Å². The van der Waals surface area contributed by atoms with Crippen LogP contribution in [0.3, 0.4) is 0 Å². The first kappa shape index (κ1) is 15.1. The minimum atomic E-state index is 0.646. The molecule has 0 N–H and O–H groups in total. The van der Waals surface area contributed by atoms with E-state index >= 15 is 0 Å². The van der Waals surface area contributed by atoms with Crippen LogP contribution in [-0.4, -0.2) is 59.9 Å². The van der Waals surface area contributed by atoms with Gasteiger partial charge >= 0.3 is 0 Å². The second kappa shape index (κ2) is 6.56.